The molecule has 2 atom stereocenters. The van der Waals surface area contributed by atoms with Crippen LogP contribution in [0.1, 0.15) is 65.7 Å². The Morgan fingerprint density at radius 2 is 1.31 bits per heavy atom. The highest BCUT2D eigenvalue weighted by atomic mass is 19.1. The Labute approximate surface area is 207 Å². The molecule has 186 valence electrons. The van der Waals surface area contributed by atoms with Crippen LogP contribution in [0.4, 0.5) is 8.78 Å². The summed E-state index contributed by atoms with van der Waals surface area (Å²) in [6, 6.07) is 9.75. The van der Waals surface area contributed by atoms with Gasteiger partial charge in [0.05, 0.1) is 22.8 Å². The first-order valence-electron chi connectivity index (χ1n) is 13.1. The fourth-order valence-corrected chi connectivity index (χ4v) is 7.06. The highest BCUT2D eigenvalue weighted by Gasteiger charge is 2.53. The second kappa shape index (κ2) is 8.92. The van der Waals surface area contributed by atoms with E-state index in [4.69, 9.17) is 9.98 Å². The molecule has 0 radical (unpaired) electrons. The molecule has 0 N–H and O–H groups in total. The minimum absolute atomic E-state index is 0.0616. The monoisotopic (exact) mass is 477 g/mol. The van der Waals surface area contributed by atoms with Crippen molar-refractivity contribution in [2.24, 2.45) is 15.4 Å². The Kier molecular flexibility index (Phi) is 6.19. The van der Waals surface area contributed by atoms with Gasteiger partial charge in [0.25, 0.3) is 0 Å². The van der Waals surface area contributed by atoms with Crippen LogP contribution < -0.4 is 21.2 Å². The van der Waals surface area contributed by atoms with Crippen molar-refractivity contribution in [3.8, 4) is 0 Å². The number of unbranched alkanes of at least 4 members (excludes halogenated alkanes) is 1. The maximum atomic E-state index is 14.2. The molecule has 1 aliphatic carbocycles. The molecule has 5 heteroatoms. The smallest absolute Gasteiger partial charge is 0.123 e. The quantitative estimate of drug-likeness (QED) is 0.617. The van der Waals surface area contributed by atoms with E-state index in [-0.39, 0.29) is 34.7 Å². The first-order chi connectivity index (χ1) is 16.7. The van der Waals surface area contributed by atoms with Crippen LogP contribution in [0.5, 0.6) is 0 Å². The van der Waals surface area contributed by atoms with Crippen molar-refractivity contribution < 1.29 is 8.78 Å². The fourth-order valence-electron chi connectivity index (χ4n) is 7.06. The van der Waals surface area contributed by atoms with E-state index in [1.807, 2.05) is 12.1 Å². The number of hydrogen-bond acceptors (Lipinski definition) is 3. The summed E-state index contributed by atoms with van der Waals surface area (Å²) in [4.78, 5) is 12.9. The molecular weight excluding hydrogens is 440 g/mol. The van der Waals surface area contributed by atoms with Gasteiger partial charge in [-0.25, -0.2) is 8.78 Å². The van der Waals surface area contributed by atoms with Crippen molar-refractivity contribution >= 4 is 11.1 Å². The molecular formula is C30H37F2N3. The summed E-state index contributed by atoms with van der Waals surface area (Å²) in [5.74, 6) is -0.446. The molecule has 0 aromatic heterocycles. The summed E-state index contributed by atoms with van der Waals surface area (Å²) in [6.07, 6.45) is 7.73. The number of benzene rings is 2. The van der Waals surface area contributed by atoms with E-state index in [0.29, 0.717) is 0 Å². The highest BCUT2D eigenvalue weighted by Crippen LogP contribution is 2.54. The molecule has 0 spiro atoms. The van der Waals surface area contributed by atoms with Crippen LogP contribution in [0.15, 0.2) is 46.4 Å². The normalized spacial score (nSPS) is 29.7. The molecule has 1 fully saturated rings. The lowest BCUT2D eigenvalue weighted by Crippen LogP contribution is -2.54. The van der Waals surface area contributed by atoms with Gasteiger partial charge in [0.1, 0.15) is 11.6 Å². The van der Waals surface area contributed by atoms with Gasteiger partial charge < -0.3 is 4.90 Å². The van der Waals surface area contributed by atoms with Crippen LogP contribution in [0.2, 0.25) is 0 Å². The summed E-state index contributed by atoms with van der Waals surface area (Å²) in [6.45, 7) is 6.49. The molecule has 1 saturated carbocycles. The average Bonchev–Trinajstić information content (AvgIpc) is 3.35. The molecule has 2 unspecified atom stereocenters. The van der Waals surface area contributed by atoms with Crippen molar-refractivity contribution in [2.75, 3.05) is 14.1 Å². The summed E-state index contributed by atoms with van der Waals surface area (Å²) in [5.41, 5.74) is 2.23. The number of nitrogens with zero attached hydrogens (tertiary/aromatic N) is 3. The Hall–Kier alpha value is -2.40. The van der Waals surface area contributed by atoms with Gasteiger partial charge in [-0.15, -0.1) is 0 Å². The molecule has 2 aromatic rings. The van der Waals surface area contributed by atoms with Crippen LogP contribution >= 0.6 is 0 Å². The lowest BCUT2D eigenvalue weighted by molar-refractivity contribution is 0.0204. The molecule has 0 saturated heterocycles. The second-order valence-corrected chi connectivity index (χ2v) is 11.2. The van der Waals surface area contributed by atoms with Crippen molar-refractivity contribution in [3.63, 3.8) is 0 Å². The van der Waals surface area contributed by atoms with E-state index >= 15 is 0 Å². The zero-order chi connectivity index (χ0) is 25.0. The van der Waals surface area contributed by atoms with Crippen LogP contribution in [0.25, 0.3) is 11.1 Å². The molecule has 2 heterocycles. The standard InChI is InChI=1S/C30H37F2N3/c1-6-7-12-29(35(4)5)13-15-30(16-14-29,27-19(2)23-17-21(31)8-10-25(23)33-27)28-20(3)24-18-22(32)9-11-26(24)34-28/h8-11,17-18,27-28H,6-7,12-16H2,1-5H3. The summed E-state index contributed by atoms with van der Waals surface area (Å²) >= 11 is 0. The second-order valence-electron chi connectivity index (χ2n) is 11.2. The Morgan fingerprint density at radius 3 is 1.74 bits per heavy atom. The third-order valence-electron chi connectivity index (χ3n) is 9.27. The number of halogens is 2. The minimum atomic E-state index is -0.223. The first kappa shape index (κ1) is 24.3. The van der Waals surface area contributed by atoms with E-state index < -0.39 is 0 Å². The van der Waals surface area contributed by atoms with Crippen molar-refractivity contribution in [1.82, 2.24) is 4.90 Å². The molecule has 0 bridgehead atoms. The van der Waals surface area contributed by atoms with Gasteiger partial charge in [-0.3, -0.25) is 9.98 Å². The molecule has 3 nitrogen and oxygen atoms in total. The lowest BCUT2D eigenvalue weighted by atomic mass is 9.57. The zero-order valence-electron chi connectivity index (χ0n) is 21.7. The first-order valence-corrected chi connectivity index (χ1v) is 13.1. The topological polar surface area (TPSA) is 28.0 Å². The third-order valence-corrected chi connectivity index (χ3v) is 9.27. The van der Waals surface area contributed by atoms with E-state index in [1.165, 1.54) is 31.4 Å². The maximum Gasteiger partial charge on any atom is 0.123 e. The lowest BCUT2D eigenvalue weighted by Gasteiger charge is -2.53. The van der Waals surface area contributed by atoms with Gasteiger partial charge >= 0.3 is 0 Å². The van der Waals surface area contributed by atoms with E-state index in [0.717, 1.165) is 58.0 Å². The van der Waals surface area contributed by atoms with Crippen molar-refractivity contribution in [3.05, 3.63) is 69.2 Å². The number of hydrogen-bond donors (Lipinski definition) is 0. The van der Waals surface area contributed by atoms with Crippen molar-refractivity contribution in [1.29, 1.82) is 0 Å². The van der Waals surface area contributed by atoms with Crippen LogP contribution in [0.3, 0.4) is 0 Å². The van der Waals surface area contributed by atoms with Gasteiger partial charge in [-0.2, -0.15) is 0 Å². The molecule has 35 heavy (non-hydrogen) atoms. The van der Waals surface area contributed by atoms with Crippen LogP contribution in [-0.4, -0.2) is 36.6 Å². The van der Waals surface area contributed by atoms with Gasteiger partial charge in [0, 0.05) is 21.4 Å². The Balaban J connectivity index is 1.63. The predicted molar refractivity (Wildman–Crippen MR) is 137 cm³/mol. The number of rotatable bonds is 6. The summed E-state index contributed by atoms with van der Waals surface area (Å²) in [7, 11) is 4.43. The molecule has 0 amide bonds. The number of fused-ring (bicyclic) bond motifs is 2. The van der Waals surface area contributed by atoms with Gasteiger partial charge in [-0.05, 0) is 108 Å². The SMILES string of the molecule is CCCCC1(N(C)C)CCC(C2N=c3ccc(F)cc3=C2C)(C2N=c3ccc(F)cc3=C2C)CC1. The predicted octanol–water partition coefficient (Wildman–Crippen LogP) is 4.06. The van der Waals surface area contributed by atoms with Crippen LogP contribution in [0, 0.1) is 17.0 Å². The molecule has 5 rings (SSSR count). The zero-order valence-corrected chi connectivity index (χ0v) is 21.7. The van der Waals surface area contributed by atoms with Gasteiger partial charge in [0.2, 0.25) is 0 Å². The Bertz CT molecular complexity index is 1290. The van der Waals surface area contributed by atoms with Gasteiger partial charge in [-0.1, -0.05) is 19.8 Å². The third kappa shape index (κ3) is 3.87. The van der Waals surface area contributed by atoms with E-state index in [2.05, 4.69) is 39.8 Å². The minimum Gasteiger partial charge on any atom is -0.304 e. The largest absolute Gasteiger partial charge is 0.304 e. The van der Waals surface area contributed by atoms with E-state index in [1.54, 1.807) is 12.1 Å². The summed E-state index contributed by atoms with van der Waals surface area (Å²) < 4.78 is 28.3. The fraction of sp³-hybridized carbons (Fsp3) is 0.533. The molecule has 2 aromatic carbocycles. The molecule has 3 aliphatic rings. The average molecular weight is 478 g/mol. The van der Waals surface area contributed by atoms with Crippen LogP contribution in [-0.2, 0) is 0 Å². The highest BCUT2D eigenvalue weighted by molar-refractivity contribution is 5.59. The Morgan fingerprint density at radius 1 is 0.829 bits per heavy atom. The van der Waals surface area contributed by atoms with Crippen molar-refractivity contribution in [2.45, 2.75) is 83.3 Å². The molecule has 2 aliphatic heterocycles. The summed E-state index contributed by atoms with van der Waals surface area (Å²) in [5, 5.41) is 3.60. The van der Waals surface area contributed by atoms with Gasteiger partial charge in [0.15, 0.2) is 0 Å². The van der Waals surface area contributed by atoms with E-state index in [9.17, 15) is 8.78 Å². The maximum absolute atomic E-state index is 14.2.